The third-order valence-electron chi connectivity index (χ3n) is 4.97. The summed E-state index contributed by atoms with van der Waals surface area (Å²) < 4.78 is 74.4. The van der Waals surface area contributed by atoms with Gasteiger partial charge in [-0.15, -0.1) is 0 Å². The van der Waals surface area contributed by atoms with Crippen molar-refractivity contribution in [2.24, 2.45) is 0 Å². The van der Waals surface area contributed by atoms with E-state index in [0.717, 1.165) is 12.1 Å². The van der Waals surface area contributed by atoms with Crippen molar-refractivity contribution in [1.82, 2.24) is 9.97 Å². The van der Waals surface area contributed by atoms with E-state index in [0.29, 0.717) is 11.5 Å². The fraction of sp³-hybridized carbons (Fsp3) is 0.240. The minimum Gasteiger partial charge on any atom is -0.487 e. The van der Waals surface area contributed by atoms with Crippen molar-refractivity contribution in [2.45, 2.75) is 26.1 Å². The van der Waals surface area contributed by atoms with Gasteiger partial charge < -0.3 is 25.3 Å². The van der Waals surface area contributed by atoms with Crippen molar-refractivity contribution in [1.29, 1.82) is 0 Å². The fourth-order valence-corrected chi connectivity index (χ4v) is 4.50. The molecule has 0 saturated heterocycles. The molecule has 38 heavy (non-hydrogen) atoms. The summed E-state index contributed by atoms with van der Waals surface area (Å²) >= 11 is 0. The molecule has 8 nitrogen and oxygen atoms in total. The molecule has 1 heterocycles. The van der Waals surface area contributed by atoms with Gasteiger partial charge in [-0.2, -0.15) is 18.2 Å². The van der Waals surface area contributed by atoms with Crippen LogP contribution >= 0.6 is 7.14 Å². The van der Waals surface area contributed by atoms with Crippen LogP contribution in [0.3, 0.4) is 0 Å². The fourth-order valence-electron chi connectivity index (χ4n) is 3.35. The van der Waals surface area contributed by atoms with E-state index in [9.17, 15) is 26.9 Å². The SMILES string of the molecule is C=CC(=O)Nc1c(F)ccc(Nc2ncc(C(F)(F)F)c(Nc3ccccc3P(C)(C)=O)n2)c1OC(C)C. The molecule has 13 heteroatoms. The number of anilines is 5. The second-order valence-electron chi connectivity index (χ2n) is 8.73. The molecule has 3 rings (SSSR count). The van der Waals surface area contributed by atoms with E-state index in [1.165, 1.54) is 25.5 Å². The Labute approximate surface area is 216 Å². The van der Waals surface area contributed by atoms with Crippen LogP contribution in [0.2, 0.25) is 0 Å². The highest BCUT2D eigenvalue weighted by atomic mass is 31.2. The summed E-state index contributed by atoms with van der Waals surface area (Å²) in [7, 11) is -2.86. The number of halogens is 4. The van der Waals surface area contributed by atoms with Gasteiger partial charge in [0.25, 0.3) is 0 Å². The summed E-state index contributed by atoms with van der Waals surface area (Å²) in [6, 6.07) is 8.57. The van der Waals surface area contributed by atoms with Crippen molar-refractivity contribution in [3.05, 3.63) is 66.6 Å². The van der Waals surface area contributed by atoms with Crippen LogP contribution in [0.5, 0.6) is 5.75 Å². The standard InChI is InChI=1S/C25H26F4N5O3P/c1-6-20(35)33-21-16(26)11-12-18(22(21)37-14(2)3)32-24-30-13-15(25(27,28)29)23(34-24)31-17-9-7-8-10-19(17)38(4,5)36/h6-14H,1H2,2-5H3,(H,33,35)(H2,30,31,32,34). The van der Waals surface area contributed by atoms with Crippen LogP contribution in [0, 0.1) is 5.82 Å². The van der Waals surface area contributed by atoms with E-state index >= 15 is 0 Å². The number of para-hydroxylation sites is 1. The molecule has 0 unspecified atom stereocenters. The zero-order valence-corrected chi connectivity index (χ0v) is 21.9. The van der Waals surface area contributed by atoms with Crippen LogP contribution in [0.1, 0.15) is 19.4 Å². The molecule has 0 spiro atoms. The number of carbonyl (C=O) groups is 1. The Kier molecular flexibility index (Phi) is 8.46. The van der Waals surface area contributed by atoms with Gasteiger partial charge in [0.05, 0.1) is 17.5 Å². The predicted octanol–water partition coefficient (Wildman–Crippen LogP) is 6.28. The molecule has 2 aromatic carbocycles. The molecule has 3 N–H and O–H groups in total. The molecule has 1 amide bonds. The largest absolute Gasteiger partial charge is 0.487 e. The lowest BCUT2D eigenvalue weighted by Gasteiger charge is -2.20. The Balaban J connectivity index is 2.10. The quantitative estimate of drug-likeness (QED) is 0.163. The maximum atomic E-state index is 14.6. The molecule has 0 fully saturated rings. The van der Waals surface area contributed by atoms with Crippen molar-refractivity contribution < 1.29 is 31.7 Å². The number of hydrogen-bond acceptors (Lipinski definition) is 7. The van der Waals surface area contributed by atoms with E-state index in [1.54, 1.807) is 32.0 Å². The van der Waals surface area contributed by atoms with Gasteiger partial charge in [0.2, 0.25) is 11.9 Å². The number of benzene rings is 2. The summed E-state index contributed by atoms with van der Waals surface area (Å²) in [5, 5.41) is 8.04. The van der Waals surface area contributed by atoms with Crippen molar-refractivity contribution in [3.63, 3.8) is 0 Å². The number of amides is 1. The van der Waals surface area contributed by atoms with Gasteiger partial charge in [-0.05, 0) is 57.5 Å². The Morgan fingerprint density at radius 2 is 1.79 bits per heavy atom. The molecule has 0 bridgehead atoms. The van der Waals surface area contributed by atoms with E-state index < -0.39 is 42.5 Å². The van der Waals surface area contributed by atoms with Crippen molar-refractivity contribution in [3.8, 4) is 5.75 Å². The zero-order chi connectivity index (χ0) is 28.3. The number of ether oxygens (including phenoxy) is 1. The summed E-state index contributed by atoms with van der Waals surface area (Å²) in [4.78, 5) is 19.6. The van der Waals surface area contributed by atoms with Gasteiger partial charge in [-0.3, -0.25) is 4.79 Å². The predicted molar refractivity (Wildman–Crippen MR) is 140 cm³/mol. The first-order chi connectivity index (χ1) is 17.7. The maximum absolute atomic E-state index is 14.6. The van der Waals surface area contributed by atoms with Crippen LogP contribution in [0.4, 0.5) is 46.4 Å². The summed E-state index contributed by atoms with van der Waals surface area (Å²) in [6.07, 6.45) is -3.73. The molecule has 0 aliphatic rings. The van der Waals surface area contributed by atoms with Gasteiger partial charge in [0.1, 0.15) is 24.2 Å². The van der Waals surface area contributed by atoms with E-state index in [1.807, 2.05) is 0 Å². The molecule has 0 radical (unpaired) electrons. The highest BCUT2D eigenvalue weighted by molar-refractivity contribution is 7.70. The van der Waals surface area contributed by atoms with Gasteiger partial charge in [0, 0.05) is 11.5 Å². The van der Waals surface area contributed by atoms with Gasteiger partial charge in [0.15, 0.2) is 11.6 Å². The molecule has 1 aromatic heterocycles. The third-order valence-corrected chi connectivity index (χ3v) is 6.52. The second kappa shape index (κ2) is 11.2. The molecule has 0 saturated carbocycles. The zero-order valence-electron chi connectivity index (χ0n) is 21.0. The monoisotopic (exact) mass is 551 g/mol. The first-order valence-corrected chi connectivity index (χ1v) is 13.9. The minimum atomic E-state index is -4.80. The lowest BCUT2D eigenvalue weighted by molar-refractivity contribution is -0.137. The Morgan fingerprint density at radius 1 is 1.11 bits per heavy atom. The molecule has 3 aromatic rings. The summed E-state index contributed by atoms with van der Waals surface area (Å²) in [5.41, 5.74) is -1.18. The Hall–Kier alpha value is -3.92. The first kappa shape index (κ1) is 28.6. The van der Waals surface area contributed by atoms with Gasteiger partial charge in [-0.1, -0.05) is 18.7 Å². The Bertz CT molecular complexity index is 1410. The number of aromatic nitrogens is 2. The van der Waals surface area contributed by atoms with E-state index in [-0.39, 0.29) is 28.8 Å². The maximum Gasteiger partial charge on any atom is 0.421 e. The Morgan fingerprint density at radius 3 is 2.39 bits per heavy atom. The average Bonchev–Trinajstić information content (AvgIpc) is 2.81. The number of nitrogens with zero attached hydrogens (tertiary/aromatic N) is 2. The number of nitrogens with one attached hydrogen (secondary N) is 3. The van der Waals surface area contributed by atoms with E-state index in [2.05, 4.69) is 32.5 Å². The second-order valence-corrected chi connectivity index (χ2v) is 11.9. The number of hydrogen-bond donors (Lipinski definition) is 3. The third kappa shape index (κ3) is 6.89. The van der Waals surface area contributed by atoms with Crippen LogP contribution in [-0.4, -0.2) is 35.3 Å². The van der Waals surface area contributed by atoms with E-state index in [4.69, 9.17) is 4.74 Å². The van der Waals surface area contributed by atoms with Crippen LogP contribution in [0.15, 0.2) is 55.3 Å². The highest BCUT2D eigenvalue weighted by Gasteiger charge is 2.36. The molecule has 202 valence electrons. The number of alkyl halides is 3. The first-order valence-electron chi connectivity index (χ1n) is 11.3. The molecular formula is C25H26F4N5O3P. The van der Waals surface area contributed by atoms with Crippen LogP contribution in [-0.2, 0) is 15.5 Å². The molecular weight excluding hydrogens is 525 g/mol. The number of rotatable bonds is 9. The normalized spacial score (nSPS) is 11.7. The van der Waals surface area contributed by atoms with Gasteiger partial charge in [-0.25, -0.2) is 9.37 Å². The van der Waals surface area contributed by atoms with Crippen LogP contribution < -0.4 is 26.0 Å². The lowest BCUT2D eigenvalue weighted by Crippen LogP contribution is -2.17. The minimum absolute atomic E-state index is 0.0807. The molecule has 0 aliphatic carbocycles. The lowest BCUT2D eigenvalue weighted by atomic mass is 10.2. The topological polar surface area (TPSA) is 105 Å². The van der Waals surface area contributed by atoms with Crippen molar-refractivity contribution in [2.75, 3.05) is 29.3 Å². The van der Waals surface area contributed by atoms with Gasteiger partial charge >= 0.3 is 6.18 Å². The summed E-state index contributed by atoms with van der Waals surface area (Å²) in [5.74, 6) is -2.50. The number of carbonyl (C=O) groups excluding carboxylic acids is 1. The molecule has 0 atom stereocenters. The highest BCUT2D eigenvalue weighted by Crippen LogP contribution is 2.41. The molecule has 0 aliphatic heterocycles. The van der Waals surface area contributed by atoms with Crippen molar-refractivity contribution >= 4 is 47.2 Å². The van der Waals surface area contributed by atoms with Crippen LogP contribution in [0.25, 0.3) is 0 Å². The summed E-state index contributed by atoms with van der Waals surface area (Å²) in [6.45, 7) is 9.67. The smallest absolute Gasteiger partial charge is 0.421 e. The average molecular weight is 551 g/mol.